The Morgan fingerprint density at radius 3 is 2.40 bits per heavy atom. The first-order chi connectivity index (χ1) is 19.6. The molecule has 218 valence electrons. The van der Waals surface area contributed by atoms with E-state index in [1.165, 1.54) is 0 Å². The Bertz CT molecular complexity index is 1040. The fraction of sp³-hybridized carbons (Fsp3) is 0.548. The zero-order valence-corrected chi connectivity index (χ0v) is 23.2. The Labute approximate surface area is 236 Å². The fourth-order valence-electron chi connectivity index (χ4n) is 5.25. The third-order valence-corrected chi connectivity index (χ3v) is 7.31. The van der Waals surface area contributed by atoms with Crippen LogP contribution in [0.1, 0.15) is 57.4 Å². The summed E-state index contributed by atoms with van der Waals surface area (Å²) in [5, 5.41) is 15.8. The molecular formula is C31H42N2O7. The normalized spacial score (nSPS) is 25.6. The fourth-order valence-corrected chi connectivity index (χ4v) is 5.25. The van der Waals surface area contributed by atoms with Crippen molar-refractivity contribution >= 4 is 17.7 Å². The number of rotatable bonds is 14. The van der Waals surface area contributed by atoms with E-state index >= 15 is 0 Å². The number of urea groups is 1. The largest absolute Gasteiger partial charge is 0.457 e. The van der Waals surface area contributed by atoms with Crippen LogP contribution in [0.25, 0.3) is 0 Å². The van der Waals surface area contributed by atoms with Crippen LogP contribution in [0.4, 0.5) is 10.5 Å². The number of unbranched alkanes of at least 4 members (excludes halogenated alkanes) is 4. The van der Waals surface area contributed by atoms with E-state index in [1.807, 2.05) is 60.7 Å². The predicted molar refractivity (Wildman–Crippen MR) is 151 cm³/mol. The first kappa shape index (κ1) is 30.0. The summed E-state index contributed by atoms with van der Waals surface area (Å²) < 4.78 is 24.8. The maximum atomic E-state index is 12.8. The smallest absolute Gasteiger partial charge is 0.319 e. The number of fused-ring (bicyclic) bond motifs is 1. The van der Waals surface area contributed by atoms with Crippen LogP contribution in [0.3, 0.4) is 0 Å². The van der Waals surface area contributed by atoms with Crippen LogP contribution in [-0.4, -0.2) is 66.9 Å². The molecule has 0 aromatic heterocycles. The Kier molecular flexibility index (Phi) is 11.8. The highest BCUT2D eigenvalue weighted by atomic mass is 16.6. The zero-order valence-electron chi connectivity index (χ0n) is 23.2. The molecule has 2 saturated heterocycles. The lowest BCUT2D eigenvalue weighted by Gasteiger charge is -2.42. The highest BCUT2D eigenvalue weighted by molar-refractivity contribution is 5.89. The summed E-state index contributed by atoms with van der Waals surface area (Å²) in [7, 11) is 0. The number of carbonyl (C=O) groups is 2. The van der Waals surface area contributed by atoms with Gasteiger partial charge in [0.1, 0.15) is 18.3 Å². The van der Waals surface area contributed by atoms with Crippen molar-refractivity contribution in [1.82, 2.24) is 5.32 Å². The molecule has 4 rings (SSSR count). The number of carbonyl (C=O) groups excluding carboxylic acids is 2. The van der Waals surface area contributed by atoms with Crippen molar-refractivity contribution in [3.63, 3.8) is 0 Å². The maximum absolute atomic E-state index is 12.8. The third kappa shape index (κ3) is 8.76. The minimum atomic E-state index is -0.814. The van der Waals surface area contributed by atoms with Gasteiger partial charge >= 0.3 is 12.0 Å². The Morgan fingerprint density at radius 1 is 0.950 bits per heavy atom. The molecule has 9 heteroatoms. The molecule has 0 aliphatic carbocycles. The van der Waals surface area contributed by atoms with E-state index < -0.39 is 24.4 Å². The van der Waals surface area contributed by atoms with Gasteiger partial charge in [0.05, 0.1) is 25.4 Å². The van der Waals surface area contributed by atoms with Gasteiger partial charge in [-0.3, -0.25) is 4.79 Å². The van der Waals surface area contributed by atoms with Gasteiger partial charge in [0.15, 0.2) is 6.10 Å². The second-order valence-corrected chi connectivity index (χ2v) is 10.4. The minimum absolute atomic E-state index is 0.270. The monoisotopic (exact) mass is 554 g/mol. The van der Waals surface area contributed by atoms with Crippen LogP contribution in [-0.2, 0) is 30.3 Å². The van der Waals surface area contributed by atoms with Crippen LogP contribution < -0.4 is 10.6 Å². The van der Waals surface area contributed by atoms with E-state index in [-0.39, 0.29) is 37.4 Å². The summed E-state index contributed by atoms with van der Waals surface area (Å²) in [5.41, 5.74) is 1.67. The van der Waals surface area contributed by atoms with Crippen LogP contribution in [0.2, 0.25) is 0 Å². The van der Waals surface area contributed by atoms with Crippen molar-refractivity contribution in [1.29, 1.82) is 0 Å². The van der Waals surface area contributed by atoms with Gasteiger partial charge < -0.3 is 34.7 Å². The van der Waals surface area contributed by atoms with Crippen molar-refractivity contribution in [2.45, 2.75) is 95.1 Å². The van der Waals surface area contributed by atoms with Gasteiger partial charge in [0.25, 0.3) is 0 Å². The number of esters is 1. The van der Waals surface area contributed by atoms with Crippen molar-refractivity contribution in [3.8, 4) is 0 Å². The average molecular weight is 555 g/mol. The highest BCUT2D eigenvalue weighted by Crippen LogP contribution is 2.36. The predicted octanol–water partition coefficient (Wildman–Crippen LogP) is 4.58. The lowest BCUT2D eigenvalue weighted by molar-refractivity contribution is -0.243. The number of hydrogen-bond donors (Lipinski definition) is 3. The van der Waals surface area contributed by atoms with Crippen molar-refractivity contribution in [2.24, 2.45) is 0 Å². The average Bonchev–Trinajstić information content (AvgIpc) is 3.39. The molecule has 2 aliphatic rings. The quantitative estimate of drug-likeness (QED) is 0.231. The number of benzene rings is 2. The molecule has 2 aromatic carbocycles. The number of aliphatic hydroxyl groups excluding tert-OH is 1. The number of anilines is 1. The molecule has 0 spiro atoms. The number of ether oxygens (including phenoxy) is 4. The number of para-hydroxylation sites is 1. The second-order valence-electron chi connectivity index (χ2n) is 10.4. The standard InChI is InChI=1S/C31H42N2O7/c1-2-3-4-5-12-17-27(35)40-29-26(20-34)39-25-18-24(19-32-31(36)33-23-15-10-7-11-16-23)38-28(25)30(29)37-21-22-13-8-6-9-14-22/h6-11,13-16,24-26,28-30,34H,2-5,12,17-21H2,1H3,(H2,32,33,36)/t24?,25-,26-,28+,29-,30-/m1/s1. The molecule has 0 bridgehead atoms. The minimum Gasteiger partial charge on any atom is -0.457 e. The van der Waals surface area contributed by atoms with Gasteiger partial charge in [-0.1, -0.05) is 81.1 Å². The van der Waals surface area contributed by atoms with Crippen molar-refractivity contribution in [2.75, 3.05) is 18.5 Å². The first-order valence-electron chi connectivity index (χ1n) is 14.4. The molecule has 1 unspecified atom stereocenters. The first-order valence-corrected chi connectivity index (χ1v) is 14.4. The van der Waals surface area contributed by atoms with Crippen LogP contribution in [0.15, 0.2) is 60.7 Å². The van der Waals surface area contributed by atoms with Gasteiger partial charge in [-0.05, 0) is 24.1 Å². The highest BCUT2D eigenvalue weighted by Gasteiger charge is 2.53. The summed E-state index contributed by atoms with van der Waals surface area (Å²) in [6.07, 6.45) is 2.53. The van der Waals surface area contributed by atoms with Gasteiger partial charge in [0, 0.05) is 25.1 Å². The van der Waals surface area contributed by atoms with E-state index in [0.29, 0.717) is 25.1 Å². The van der Waals surface area contributed by atoms with Gasteiger partial charge in [-0.25, -0.2) is 4.79 Å². The summed E-state index contributed by atoms with van der Waals surface area (Å²) in [4.78, 5) is 25.2. The molecule has 0 saturated carbocycles. The molecule has 2 aromatic rings. The zero-order chi connectivity index (χ0) is 28.2. The summed E-state index contributed by atoms with van der Waals surface area (Å²) in [6.45, 7) is 2.40. The Balaban J connectivity index is 1.39. The SMILES string of the molecule is CCCCCCCC(=O)O[C@H]1[C@H](OCc2ccccc2)[C@H]2OC(CNC(=O)Nc3ccccc3)C[C@H]2O[C@@H]1CO. The Morgan fingerprint density at radius 2 is 1.68 bits per heavy atom. The number of amides is 2. The van der Waals surface area contributed by atoms with E-state index in [9.17, 15) is 14.7 Å². The molecule has 40 heavy (non-hydrogen) atoms. The van der Waals surface area contributed by atoms with Crippen LogP contribution in [0, 0.1) is 0 Å². The van der Waals surface area contributed by atoms with Crippen LogP contribution >= 0.6 is 0 Å². The molecule has 2 amide bonds. The van der Waals surface area contributed by atoms with Gasteiger partial charge in [-0.2, -0.15) is 0 Å². The van der Waals surface area contributed by atoms with E-state index in [4.69, 9.17) is 18.9 Å². The molecule has 9 nitrogen and oxygen atoms in total. The topological polar surface area (TPSA) is 115 Å². The molecule has 3 N–H and O–H groups in total. The maximum Gasteiger partial charge on any atom is 0.319 e. The number of nitrogens with one attached hydrogen (secondary N) is 2. The Hall–Kier alpha value is -2.98. The van der Waals surface area contributed by atoms with E-state index in [1.54, 1.807) is 0 Å². The van der Waals surface area contributed by atoms with Gasteiger partial charge in [0.2, 0.25) is 0 Å². The molecule has 6 atom stereocenters. The summed E-state index contributed by atoms with van der Waals surface area (Å²) >= 11 is 0. The second kappa shape index (κ2) is 15.7. The van der Waals surface area contributed by atoms with Crippen molar-refractivity contribution < 1.29 is 33.6 Å². The number of aliphatic hydroxyl groups is 1. The van der Waals surface area contributed by atoms with Gasteiger partial charge in [-0.15, -0.1) is 0 Å². The van der Waals surface area contributed by atoms with E-state index in [0.717, 1.165) is 37.7 Å². The van der Waals surface area contributed by atoms with Crippen LogP contribution in [0.5, 0.6) is 0 Å². The molecule has 2 fully saturated rings. The molecule has 2 heterocycles. The summed E-state index contributed by atoms with van der Waals surface area (Å²) in [6, 6.07) is 18.6. The summed E-state index contributed by atoms with van der Waals surface area (Å²) in [5.74, 6) is -0.330. The molecule has 2 aliphatic heterocycles. The third-order valence-electron chi connectivity index (χ3n) is 7.31. The lowest BCUT2D eigenvalue weighted by Crippen LogP contribution is -2.59. The molecular weight excluding hydrogens is 512 g/mol. The number of hydrogen-bond acceptors (Lipinski definition) is 7. The van der Waals surface area contributed by atoms with Crippen molar-refractivity contribution in [3.05, 3.63) is 66.2 Å². The lowest BCUT2D eigenvalue weighted by atomic mass is 9.94. The van der Waals surface area contributed by atoms with E-state index in [2.05, 4.69) is 17.6 Å². The molecule has 0 radical (unpaired) electrons.